The Morgan fingerprint density at radius 2 is 0.679 bits per heavy atom. The summed E-state index contributed by atoms with van der Waals surface area (Å²) in [6, 6.07) is 72.0. The number of fused-ring (bicyclic) bond motifs is 6. The largest absolute Gasteiger partial charge is 0.309 e. The van der Waals surface area contributed by atoms with Gasteiger partial charge in [-0.05, 0) is 107 Å². The highest BCUT2D eigenvalue weighted by atomic mass is 15.0. The van der Waals surface area contributed by atoms with Crippen LogP contribution >= 0.6 is 0 Å². The second-order valence-electron chi connectivity index (χ2n) is 15.6. The molecule has 1 saturated carbocycles. The van der Waals surface area contributed by atoms with E-state index in [1.807, 2.05) is 0 Å². The third-order valence-electron chi connectivity index (χ3n) is 12.6. The molecule has 2 heteroatoms. The Labute approximate surface area is 327 Å². The van der Waals surface area contributed by atoms with Gasteiger partial charge in [0.25, 0.3) is 0 Å². The van der Waals surface area contributed by atoms with Gasteiger partial charge in [-0.1, -0.05) is 153 Å². The van der Waals surface area contributed by atoms with Crippen LogP contribution in [0, 0.1) is 0 Å². The summed E-state index contributed by atoms with van der Waals surface area (Å²) in [7, 11) is 0. The lowest BCUT2D eigenvalue weighted by atomic mass is 9.65. The first-order chi connectivity index (χ1) is 27.7. The summed E-state index contributed by atoms with van der Waals surface area (Å²) in [6.45, 7) is 0. The maximum atomic E-state index is 2.42. The SMILES string of the molecule is c1ccc(-n2c3ccccc3c3cc(-c4ccc(C5(c6ccc(-c7ccc8c(c7)c7ccccc7n8-c7ccccc7)cc6)CCCCC5)cc4)ccc32)cc1. The molecule has 0 unspecified atom stereocenters. The Morgan fingerprint density at radius 1 is 0.304 bits per heavy atom. The van der Waals surface area contributed by atoms with E-state index in [9.17, 15) is 0 Å². The first kappa shape index (κ1) is 32.8. The predicted octanol–water partition coefficient (Wildman–Crippen LogP) is 14.5. The van der Waals surface area contributed by atoms with Gasteiger partial charge < -0.3 is 9.13 Å². The fraction of sp³-hybridized carbons (Fsp3) is 0.111. The Hall–Kier alpha value is -6.64. The number of nitrogens with zero attached hydrogens (tertiary/aromatic N) is 2. The van der Waals surface area contributed by atoms with Crippen molar-refractivity contribution in [3.8, 4) is 33.6 Å². The monoisotopic (exact) mass is 718 g/mol. The van der Waals surface area contributed by atoms with E-state index in [0.29, 0.717) is 0 Å². The van der Waals surface area contributed by atoms with Crippen LogP contribution in [0.1, 0.15) is 43.2 Å². The van der Waals surface area contributed by atoms with Crippen LogP contribution in [0.4, 0.5) is 0 Å². The van der Waals surface area contributed by atoms with Gasteiger partial charge in [0.05, 0.1) is 22.1 Å². The minimum absolute atomic E-state index is 0.0232. The summed E-state index contributed by atoms with van der Waals surface area (Å²) in [5.74, 6) is 0. The summed E-state index contributed by atoms with van der Waals surface area (Å²) >= 11 is 0. The van der Waals surface area contributed by atoms with Gasteiger partial charge in [0.1, 0.15) is 0 Å². The minimum Gasteiger partial charge on any atom is -0.309 e. The number of benzene rings is 8. The smallest absolute Gasteiger partial charge is 0.0541 e. The van der Waals surface area contributed by atoms with Crippen molar-refractivity contribution in [3.05, 3.63) is 205 Å². The van der Waals surface area contributed by atoms with Crippen molar-refractivity contribution >= 4 is 43.6 Å². The lowest BCUT2D eigenvalue weighted by Crippen LogP contribution is -2.30. The molecular formula is C54H42N2. The lowest BCUT2D eigenvalue weighted by Gasteiger charge is -2.39. The topological polar surface area (TPSA) is 9.86 Å². The molecule has 0 radical (unpaired) electrons. The number of hydrogen-bond acceptors (Lipinski definition) is 0. The third-order valence-corrected chi connectivity index (χ3v) is 12.6. The summed E-state index contributed by atoms with van der Waals surface area (Å²) in [4.78, 5) is 0. The van der Waals surface area contributed by atoms with Crippen molar-refractivity contribution < 1.29 is 0 Å². The lowest BCUT2D eigenvalue weighted by molar-refractivity contribution is 0.346. The van der Waals surface area contributed by atoms with Gasteiger partial charge in [-0.2, -0.15) is 0 Å². The van der Waals surface area contributed by atoms with Gasteiger partial charge in [-0.3, -0.25) is 0 Å². The van der Waals surface area contributed by atoms with E-state index in [2.05, 4.69) is 203 Å². The van der Waals surface area contributed by atoms with Crippen LogP contribution in [-0.2, 0) is 5.41 Å². The third kappa shape index (κ3) is 5.24. The molecule has 0 bridgehead atoms. The zero-order chi connectivity index (χ0) is 37.1. The minimum atomic E-state index is 0.0232. The van der Waals surface area contributed by atoms with E-state index in [4.69, 9.17) is 0 Å². The summed E-state index contributed by atoms with van der Waals surface area (Å²) in [5, 5.41) is 5.15. The van der Waals surface area contributed by atoms with Crippen LogP contribution in [0.5, 0.6) is 0 Å². The number of rotatable bonds is 6. The van der Waals surface area contributed by atoms with E-state index >= 15 is 0 Å². The van der Waals surface area contributed by atoms with Crippen LogP contribution in [0.15, 0.2) is 194 Å². The molecular weight excluding hydrogens is 677 g/mol. The molecule has 0 aliphatic heterocycles. The molecule has 268 valence electrons. The molecule has 2 aromatic heterocycles. The van der Waals surface area contributed by atoms with Crippen LogP contribution in [0.25, 0.3) is 77.2 Å². The van der Waals surface area contributed by atoms with Crippen LogP contribution < -0.4 is 0 Å². The average Bonchev–Trinajstić information content (AvgIpc) is 3.79. The van der Waals surface area contributed by atoms with E-state index in [-0.39, 0.29) is 5.41 Å². The average molecular weight is 719 g/mol. The van der Waals surface area contributed by atoms with Gasteiger partial charge in [-0.15, -0.1) is 0 Å². The molecule has 0 saturated heterocycles. The Balaban J connectivity index is 0.937. The normalized spacial score (nSPS) is 14.2. The van der Waals surface area contributed by atoms with Crippen molar-refractivity contribution in [2.24, 2.45) is 0 Å². The molecule has 0 amide bonds. The molecule has 2 heterocycles. The second-order valence-corrected chi connectivity index (χ2v) is 15.6. The van der Waals surface area contributed by atoms with Gasteiger partial charge in [0, 0.05) is 38.3 Å². The van der Waals surface area contributed by atoms with Crippen molar-refractivity contribution in [2.75, 3.05) is 0 Å². The number of para-hydroxylation sites is 4. The Bertz CT molecular complexity index is 2810. The molecule has 1 aliphatic rings. The standard InChI is InChI=1S/C54H42N2/c1-4-14-44(15-5-1)55-50-20-10-8-18-46(50)48-36-40(26-32-52(48)55)38-22-28-42(29-23-38)54(34-12-3-13-35-54)43-30-24-39(25-31-43)41-27-33-53-49(37-41)47-19-9-11-21-51(47)56(53)45-16-6-2-7-17-45/h1-2,4-11,14-33,36-37H,3,12-13,34-35H2. The molecule has 0 spiro atoms. The summed E-state index contributed by atoms with van der Waals surface area (Å²) in [5.41, 5.74) is 15.3. The zero-order valence-electron chi connectivity index (χ0n) is 31.4. The molecule has 1 aliphatic carbocycles. The van der Waals surface area contributed by atoms with Crippen molar-refractivity contribution in [1.29, 1.82) is 0 Å². The Morgan fingerprint density at radius 3 is 1.12 bits per heavy atom. The van der Waals surface area contributed by atoms with Gasteiger partial charge in [0.2, 0.25) is 0 Å². The van der Waals surface area contributed by atoms with Crippen LogP contribution in [0.3, 0.4) is 0 Å². The quantitative estimate of drug-likeness (QED) is 0.162. The predicted molar refractivity (Wildman–Crippen MR) is 236 cm³/mol. The van der Waals surface area contributed by atoms with E-state index < -0.39 is 0 Å². The van der Waals surface area contributed by atoms with Crippen LogP contribution in [-0.4, -0.2) is 9.13 Å². The molecule has 11 rings (SSSR count). The Kier molecular flexibility index (Phi) is 7.77. The van der Waals surface area contributed by atoms with Gasteiger partial charge in [0.15, 0.2) is 0 Å². The molecule has 10 aromatic rings. The highest BCUT2D eigenvalue weighted by molar-refractivity contribution is 6.11. The molecule has 1 fully saturated rings. The molecule has 0 N–H and O–H groups in total. The van der Waals surface area contributed by atoms with Gasteiger partial charge >= 0.3 is 0 Å². The molecule has 0 atom stereocenters. The summed E-state index contributed by atoms with van der Waals surface area (Å²) in [6.07, 6.45) is 6.19. The van der Waals surface area contributed by atoms with E-state index in [1.165, 1.54) is 120 Å². The van der Waals surface area contributed by atoms with Crippen molar-refractivity contribution in [2.45, 2.75) is 37.5 Å². The summed E-state index contributed by atoms with van der Waals surface area (Å²) < 4.78 is 4.77. The van der Waals surface area contributed by atoms with Crippen molar-refractivity contribution in [3.63, 3.8) is 0 Å². The molecule has 56 heavy (non-hydrogen) atoms. The molecule has 2 nitrogen and oxygen atoms in total. The molecule has 8 aromatic carbocycles. The highest BCUT2D eigenvalue weighted by Gasteiger charge is 2.35. The fourth-order valence-corrected chi connectivity index (χ4v) is 9.88. The van der Waals surface area contributed by atoms with E-state index in [0.717, 1.165) is 0 Å². The fourth-order valence-electron chi connectivity index (χ4n) is 9.88. The first-order valence-corrected chi connectivity index (χ1v) is 20.1. The number of aromatic nitrogens is 2. The van der Waals surface area contributed by atoms with E-state index in [1.54, 1.807) is 0 Å². The first-order valence-electron chi connectivity index (χ1n) is 20.1. The highest BCUT2D eigenvalue weighted by Crippen LogP contribution is 2.46. The zero-order valence-corrected chi connectivity index (χ0v) is 31.4. The van der Waals surface area contributed by atoms with Gasteiger partial charge in [-0.25, -0.2) is 0 Å². The maximum Gasteiger partial charge on any atom is 0.0541 e. The number of hydrogen-bond donors (Lipinski definition) is 0. The van der Waals surface area contributed by atoms with Crippen LogP contribution in [0.2, 0.25) is 0 Å². The van der Waals surface area contributed by atoms with Crippen molar-refractivity contribution in [1.82, 2.24) is 9.13 Å². The second kappa shape index (κ2) is 13.3. The maximum absolute atomic E-state index is 2.42.